The van der Waals surface area contributed by atoms with Crippen molar-refractivity contribution in [2.75, 3.05) is 19.7 Å². The Balaban J connectivity index is 2.92. The van der Waals surface area contributed by atoms with Gasteiger partial charge < -0.3 is 5.11 Å². The molecule has 0 aliphatic carbocycles. The van der Waals surface area contributed by atoms with Gasteiger partial charge in [-0.3, -0.25) is 5.01 Å². The predicted molar refractivity (Wildman–Crippen MR) is 76.2 cm³/mol. The topological polar surface area (TPSA) is 35.8 Å². The number of halogens is 1. The van der Waals surface area contributed by atoms with Crippen molar-refractivity contribution in [2.24, 2.45) is 11.0 Å². The van der Waals surface area contributed by atoms with E-state index in [2.05, 4.69) is 41.5 Å². The summed E-state index contributed by atoms with van der Waals surface area (Å²) in [6, 6.07) is 0. The standard InChI is InChI=1S/C13H19BrN2O/c1-10(2)7-16-8-12(9-17)5-13(14)4-11(3)6-15-16/h4-6,10,17H,3,7-9H2,1-2H3/b12-5+,13-4+,15-6-. The van der Waals surface area contributed by atoms with Crippen LogP contribution in [0.4, 0.5) is 0 Å². The number of rotatable bonds is 3. The number of hydrogen-bond acceptors (Lipinski definition) is 3. The van der Waals surface area contributed by atoms with Crippen LogP contribution in [0.15, 0.2) is 39.5 Å². The van der Waals surface area contributed by atoms with Crippen molar-refractivity contribution in [1.29, 1.82) is 0 Å². The molecular formula is C13H19BrN2O. The zero-order valence-corrected chi connectivity index (χ0v) is 11.9. The minimum atomic E-state index is 0.0412. The molecule has 0 fully saturated rings. The fourth-order valence-electron chi connectivity index (χ4n) is 1.56. The van der Waals surface area contributed by atoms with Crippen molar-refractivity contribution >= 4 is 22.1 Å². The highest BCUT2D eigenvalue weighted by atomic mass is 79.9. The number of nitrogens with zero attached hydrogens (tertiary/aromatic N) is 2. The van der Waals surface area contributed by atoms with Crippen molar-refractivity contribution in [2.45, 2.75) is 13.8 Å². The molecule has 0 aromatic heterocycles. The lowest BCUT2D eigenvalue weighted by atomic mass is 10.2. The summed E-state index contributed by atoms with van der Waals surface area (Å²) < 4.78 is 0.907. The summed E-state index contributed by atoms with van der Waals surface area (Å²) >= 11 is 3.43. The van der Waals surface area contributed by atoms with E-state index < -0.39 is 0 Å². The molecule has 4 heteroatoms. The van der Waals surface area contributed by atoms with Crippen molar-refractivity contribution in [3.8, 4) is 0 Å². The summed E-state index contributed by atoms with van der Waals surface area (Å²) in [6.07, 6.45) is 5.56. The van der Waals surface area contributed by atoms with Crippen molar-refractivity contribution in [3.05, 3.63) is 34.4 Å². The zero-order chi connectivity index (χ0) is 12.8. The summed E-state index contributed by atoms with van der Waals surface area (Å²) in [5.41, 5.74) is 1.77. The van der Waals surface area contributed by atoms with E-state index in [4.69, 9.17) is 0 Å². The van der Waals surface area contributed by atoms with Gasteiger partial charge in [0.05, 0.1) is 19.4 Å². The predicted octanol–water partition coefficient (Wildman–Crippen LogP) is 2.70. The summed E-state index contributed by atoms with van der Waals surface area (Å²) in [7, 11) is 0. The first-order valence-corrected chi connectivity index (χ1v) is 6.46. The third-order valence-electron chi connectivity index (χ3n) is 2.22. The van der Waals surface area contributed by atoms with Gasteiger partial charge in [-0.15, -0.1) is 0 Å². The first-order chi connectivity index (χ1) is 8.01. The third kappa shape index (κ3) is 5.33. The Labute approximate surface area is 111 Å². The number of aliphatic hydroxyl groups is 1. The summed E-state index contributed by atoms with van der Waals surface area (Å²) in [5, 5.41) is 15.7. The van der Waals surface area contributed by atoms with Crippen molar-refractivity contribution in [1.82, 2.24) is 5.01 Å². The Kier molecular flexibility index (Phi) is 5.65. The van der Waals surface area contributed by atoms with Crippen LogP contribution >= 0.6 is 15.9 Å². The van der Waals surface area contributed by atoms with Crippen LogP contribution in [-0.4, -0.2) is 36.0 Å². The first-order valence-electron chi connectivity index (χ1n) is 5.66. The molecule has 1 aliphatic rings. The fraction of sp³-hybridized carbons (Fsp3) is 0.462. The molecule has 94 valence electrons. The molecule has 0 spiro atoms. The van der Waals surface area contributed by atoms with E-state index in [-0.39, 0.29) is 6.61 Å². The van der Waals surface area contributed by atoms with Crippen LogP contribution in [0.3, 0.4) is 0 Å². The molecule has 0 amide bonds. The van der Waals surface area contributed by atoms with Gasteiger partial charge in [-0.05, 0) is 29.2 Å². The number of hydrazone groups is 1. The molecule has 0 aromatic rings. The quantitative estimate of drug-likeness (QED) is 0.870. The van der Waals surface area contributed by atoms with Crippen molar-refractivity contribution in [3.63, 3.8) is 0 Å². The lowest BCUT2D eigenvalue weighted by Gasteiger charge is -2.21. The van der Waals surface area contributed by atoms with Gasteiger partial charge in [0.1, 0.15) is 0 Å². The van der Waals surface area contributed by atoms with Crippen LogP contribution in [0.2, 0.25) is 0 Å². The second-order valence-corrected chi connectivity index (χ2v) is 5.47. The minimum Gasteiger partial charge on any atom is -0.392 e. The maximum absolute atomic E-state index is 9.32. The maximum Gasteiger partial charge on any atom is 0.0662 e. The molecule has 1 N–H and O–H groups in total. The van der Waals surface area contributed by atoms with Gasteiger partial charge in [-0.1, -0.05) is 36.4 Å². The van der Waals surface area contributed by atoms with Crippen LogP contribution in [0.1, 0.15) is 13.8 Å². The molecule has 0 saturated heterocycles. The van der Waals surface area contributed by atoms with E-state index in [0.29, 0.717) is 12.5 Å². The lowest BCUT2D eigenvalue weighted by molar-refractivity contribution is 0.255. The van der Waals surface area contributed by atoms with Crippen LogP contribution in [-0.2, 0) is 0 Å². The van der Waals surface area contributed by atoms with Gasteiger partial charge in [0, 0.05) is 11.0 Å². The Morgan fingerprint density at radius 2 is 2.24 bits per heavy atom. The van der Waals surface area contributed by atoms with E-state index >= 15 is 0 Å². The molecule has 1 heterocycles. The highest BCUT2D eigenvalue weighted by Gasteiger charge is 2.08. The molecule has 0 atom stereocenters. The van der Waals surface area contributed by atoms with E-state index in [9.17, 15) is 5.11 Å². The summed E-state index contributed by atoms with van der Waals surface area (Å²) in [4.78, 5) is 0. The van der Waals surface area contributed by atoms with E-state index in [1.807, 2.05) is 17.2 Å². The lowest BCUT2D eigenvalue weighted by Crippen LogP contribution is -2.25. The molecule has 3 nitrogen and oxygen atoms in total. The normalized spacial score (nSPS) is 25.5. The highest BCUT2D eigenvalue weighted by Crippen LogP contribution is 2.15. The average Bonchev–Trinajstić information content (AvgIpc) is 2.28. The Hall–Kier alpha value is -0.870. The second-order valence-electron chi connectivity index (χ2n) is 4.55. The van der Waals surface area contributed by atoms with E-state index in [1.165, 1.54) is 0 Å². The van der Waals surface area contributed by atoms with Crippen LogP contribution in [0.5, 0.6) is 0 Å². The average molecular weight is 299 g/mol. The second kappa shape index (κ2) is 6.77. The molecule has 1 rings (SSSR count). The van der Waals surface area contributed by atoms with E-state index in [1.54, 1.807) is 6.21 Å². The maximum atomic E-state index is 9.32. The van der Waals surface area contributed by atoms with Crippen molar-refractivity contribution < 1.29 is 5.11 Å². The third-order valence-corrected chi connectivity index (χ3v) is 2.67. The van der Waals surface area contributed by atoms with Gasteiger partial charge in [0.25, 0.3) is 0 Å². The van der Waals surface area contributed by atoms with Gasteiger partial charge in [-0.2, -0.15) is 5.10 Å². The Morgan fingerprint density at radius 3 is 2.82 bits per heavy atom. The minimum absolute atomic E-state index is 0.0412. The van der Waals surface area contributed by atoms with Crippen LogP contribution in [0, 0.1) is 5.92 Å². The SMILES string of the molecule is C=C1/C=N\N(CC(C)C)C/C(CO)=C\C(Br)=C/1. The Bertz CT molecular complexity index is 370. The van der Waals surface area contributed by atoms with Gasteiger partial charge in [0.15, 0.2) is 0 Å². The number of aliphatic hydroxyl groups excluding tert-OH is 1. The molecule has 0 saturated carbocycles. The van der Waals surface area contributed by atoms with Crippen LogP contribution < -0.4 is 0 Å². The fourth-order valence-corrected chi connectivity index (χ4v) is 2.17. The zero-order valence-electron chi connectivity index (χ0n) is 10.4. The monoisotopic (exact) mass is 298 g/mol. The van der Waals surface area contributed by atoms with Gasteiger partial charge in [0.2, 0.25) is 0 Å². The van der Waals surface area contributed by atoms with Crippen LogP contribution in [0.25, 0.3) is 0 Å². The number of allylic oxidation sites excluding steroid dienone is 4. The molecule has 0 aromatic carbocycles. The molecule has 0 bridgehead atoms. The molecule has 0 unspecified atom stereocenters. The van der Waals surface area contributed by atoms with Gasteiger partial charge in [-0.25, -0.2) is 0 Å². The highest BCUT2D eigenvalue weighted by molar-refractivity contribution is 9.11. The molecule has 1 aliphatic heterocycles. The summed E-state index contributed by atoms with van der Waals surface area (Å²) in [5.74, 6) is 0.525. The number of hydrogen-bond donors (Lipinski definition) is 1. The smallest absolute Gasteiger partial charge is 0.0662 e. The van der Waals surface area contributed by atoms with Gasteiger partial charge >= 0.3 is 0 Å². The molecular weight excluding hydrogens is 280 g/mol. The Morgan fingerprint density at radius 1 is 1.53 bits per heavy atom. The molecule has 17 heavy (non-hydrogen) atoms. The molecule has 0 radical (unpaired) electrons. The summed E-state index contributed by atoms with van der Waals surface area (Å²) in [6.45, 7) is 9.73. The largest absolute Gasteiger partial charge is 0.392 e. The first kappa shape index (κ1) is 14.2. The van der Waals surface area contributed by atoms with E-state index in [0.717, 1.165) is 22.2 Å².